The van der Waals surface area contributed by atoms with Crippen LogP contribution in [0.3, 0.4) is 0 Å². The van der Waals surface area contributed by atoms with E-state index >= 15 is 0 Å². The van der Waals surface area contributed by atoms with Gasteiger partial charge in [-0.05, 0) is 39.0 Å². The summed E-state index contributed by atoms with van der Waals surface area (Å²) in [7, 11) is 0. The summed E-state index contributed by atoms with van der Waals surface area (Å²) in [5.41, 5.74) is 3.66. The number of anilines is 1. The van der Waals surface area contributed by atoms with Gasteiger partial charge >= 0.3 is 18.2 Å². The van der Waals surface area contributed by atoms with Gasteiger partial charge in [0.15, 0.2) is 6.10 Å². The quantitative estimate of drug-likeness (QED) is 0.562. The molecule has 0 fully saturated rings. The molecule has 0 aliphatic rings. The summed E-state index contributed by atoms with van der Waals surface area (Å²) in [6, 6.07) is 1.15. The normalized spacial score (nSPS) is 12.4. The first kappa shape index (κ1) is 20.3. The van der Waals surface area contributed by atoms with Crippen LogP contribution in [0.4, 0.5) is 23.7 Å². The molecule has 0 radical (unpaired) electrons. The first-order chi connectivity index (χ1) is 11.4. The van der Waals surface area contributed by atoms with Crippen molar-refractivity contribution >= 4 is 23.6 Å². The standard InChI is InChI=1S/C15H18F3N3O4/c1-7(2)20-14(24)21-12(22)8(3)25-13(23)10-5-4-9(6-11(10)19)15(16,17)18/h4-8H,19H2,1-3H3,(H2,20,21,22,24). The molecule has 1 rings (SSSR count). The number of urea groups is 1. The van der Waals surface area contributed by atoms with Gasteiger partial charge in [0.2, 0.25) is 0 Å². The average molecular weight is 361 g/mol. The molecule has 1 aromatic carbocycles. The van der Waals surface area contributed by atoms with Gasteiger partial charge in [0.1, 0.15) is 0 Å². The highest BCUT2D eigenvalue weighted by Gasteiger charge is 2.31. The van der Waals surface area contributed by atoms with Gasteiger partial charge in [-0.2, -0.15) is 13.2 Å². The van der Waals surface area contributed by atoms with Crippen LogP contribution in [-0.4, -0.2) is 30.1 Å². The van der Waals surface area contributed by atoms with Crippen molar-refractivity contribution in [1.82, 2.24) is 10.6 Å². The van der Waals surface area contributed by atoms with Gasteiger partial charge in [-0.1, -0.05) is 0 Å². The van der Waals surface area contributed by atoms with Crippen LogP contribution in [0.1, 0.15) is 36.7 Å². The highest BCUT2D eigenvalue weighted by molar-refractivity contribution is 6.00. The van der Waals surface area contributed by atoms with E-state index in [1.54, 1.807) is 13.8 Å². The Morgan fingerprint density at radius 2 is 1.76 bits per heavy atom. The number of alkyl halides is 3. The zero-order valence-electron chi connectivity index (χ0n) is 13.7. The lowest BCUT2D eigenvalue weighted by Crippen LogP contribution is -2.46. The molecule has 1 atom stereocenters. The molecule has 0 aliphatic carbocycles. The van der Waals surface area contributed by atoms with Crippen molar-refractivity contribution in [3.05, 3.63) is 29.3 Å². The lowest BCUT2D eigenvalue weighted by Gasteiger charge is -2.15. The van der Waals surface area contributed by atoms with Crippen molar-refractivity contribution < 1.29 is 32.3 Å². The zero-order valence-corrected chi connectivity index (χ0v) is 13.7. The maximum Gasteiger partial charge on any atom is 0.416 e. The van der Waals surface area contributed by atoms with Crippen LogP contribution >= 0.6 is 0 Å². The molecule has 1 aromatic rings. The van der Waals surface area contributed by atoms with Gasteiger partial charge in [-0.15, -0.1) is 0 Å². The molecule has 1 unspecified atom stereocenters. The Kier molecular flexibility index (Phi) is 6.37. The Hall–Kier alpha value is -2.78. The number of nitrogens with one attached hydrogen (secondary N) is 2. The third-order valence-corrected chi connectivity index (χ3v) is 2.91. The number of rotatable bonds is 4. The predicted molar refractivity (Wildman–Crippen MR) is 82.5 cm³/mol. The monoisotopic (exact) mass is 361 g/mol. The zero-order chi connectivity index (χ0) is 19.4. The fourth-order valence-corrected chi connectivity index (χ4v) is 1.71. The molecular weight excluding hydrogens is 343 g/mol. The van der Waals surface area contributed by atoms with Crippen LogP contribution in [0.25, 0.3) is 0 Å². The SMILES string of the molecule is CC(C)NC(=O)NC(=O)C(C)OC(=O)c1ccc(C(F)(F)F)cc1N. The van der Waals surface area contributed by atoms with Crippen LogP contribution < -0.4 is 16.4 Å². The van der Waals surface area contributed by atoms with Crippen molar-refractivity contribution in [1.29, 1.82) is 0 Å². The first-order valence-electron chi connectivity index (χ1n) is 7.21. The number of carbonyl (C=O) groups is 3. The molecule has 3 amide bonds. The minimum Gasteiger partial charge on any atom is -0.449 e. The third kappa shape index (κ3) is 5.98. The summed E-state index contributed by atoms with van der Waals surface area (Å²) in [5.74, 6) is -1.98. The number of hydrogen-bond acceptors (Lipinski definition) is 5. The molecule has 4 N–H and O–H groups in total. The van der Waals surface area contributed by atoms with Gasteiger partial charge in [0, 0.05) is 11.7 Å². The Labute approximate surface area is 141 Å². The van der Waals surface area contributed by atoms with Crippen LogP contribution in [0.2, 0.25) is 0 Å². The van der Waals surface area contributed by atoms with E-state index in [-0.39, 0.29) is 11.6 Å². The molecule has 0 saturated carbocycles. The number of nitrogens with two attached hydrogens (primary N) is 1. The lowest BCUT2D eigenvalue weighted by atomic mass is 10.1. The first-order valence-corrected chi connectivity index (χ1v) is 7.21. The minimum absolute atomic E-state index is 0.211. The molecule has 0 bridgehead atoms. The number of benzene rings is 1. The van der Waals surface area contributed by atoms with E-state index in [0.29, 0.717) is 12.1 Å². The molecule has 0 saturated heterocycles. The maximum absolute atomic E-state index is 12.6. The van der Waals surface area contributed by atoms with Crippen molar-refractivity contribution in [2.45, 2.75) is 39.1 Å². The number of esters is 1. The number of carbonyl (C=O) groups excluding carboxylic acids is 3. The lowest BCUT2D eigenvalue weighted by molar-refractivity contribution is -0.137. The van der Waals surface area contributed by atoms with Crippen LogP contribution in [0, 0.1) is 0 Å². The Bertz CT molecular complexity index is 674. The number of hydrogen-bond donors (Lipinski definition) is 3. The number of imide groups is 1. The molecule has 10 heteroatoms. The van der Waals surface area contributed by atoms with Crippen LogP contribution in [-0.2, 0) is 15.7 Å². The summed E-state index contributed by atoms with van der Waals surface area (Å²) in [5, 5.41) is 4.37. The predicted octanol–water partition coefficient (Wildman–Crippen LogP) is 2.07. The fraction of sp³-hybridized carbons (Fsp3) is 0.400. The maximum atomic E-state index is 12.6. The number of ether oxygens (including phenoxy) is 1. The largest absolute Gasteiger partial charge is 0.449 e. The van der Waals surface area contributed by atoms with Crippen molar-refractivity contribution in [3.63, 3.8) is 0 Å². The van der Waals surface area contributed by atoms with Crippen molar-refractivity contribution in [3.8, 4) is 0 Å². The molecule has 25 heavy (non-hydrogen) atoms. The Balaban J connectivity index is 2.75. The van der Waals surface area contributed by atoms with E-state index in [1.807, 2.05) is 5.32 Å². The summed E-state index contributed by atoms with van der Waals surface area (Å²) in [6.45, 7) is 4.57. The van der Waals surface area contributed by atoms with Gasteiger partial charge in [0.05, 0.1) is 11.1 Å². The minimum atomic E-state index is -4.60. The third-order valence-electron chi connectivity index (χ3n) is 2.91. The second-order valence-electron chi connectivity index (χ2n) is 5.46. The summed E-state index contributed by atoms with van der Waals surface area (Å²) < 4.78 is 42.5. The van der Waals surface area contributed by atoms with Gasteiger partial charge < -0.3 is 15.8 Å². The van der Waals surface area contributed by atoms with Crippen molar-refractivity contribution in [2.24, 2.45) is 0 Å². The van der Waals surface area contributed by atoms with E-state index in [2.05, 4.69) is 5.32 Å². The van der Waals surface area contributed by atoms with E-state index in [0.717, 1.165) is 6.07 Å². The molecule has 0 aliphatic heterocycles. The van der Waals surface area contributed by atoms with E-state index in [4.69, 9.17) is 10.5 Å². The molecule has 0 aromatic heterocycles. The Morgan fingerprint density at radius 3 is 2.24 bits per heavy atom. The molecule has 0 spiro atoms. The second-order valence-corrected chi connectivity index (χ2v) is 5.46. The molecule has 138 valence electrons. The van der Waals surface area contributed by atoms with Crippen LogP contribution in [0.5, 0.6) is 0 Å². The smallest absolute Gasteiger partial charge is 0.416 e. The van der Waals surface area contributed by atoms with E-state index in [1.165, 1.54) is 6.92 Å². The Morgan fingerprint density at radius 1 is 1.16 bits per heavy atom. The topological polar surface area (TPSA) is 111 Å². The number of nitrogen functional groups attached to an aromatic ring is 1. The summed E-state index contributed by atoms with van der Waals surface area (Å²) in [6.07, 6.45) is -5.96. The summed E-state index contributed by atoms with van der Waals surface area (Å²) in [4.78, 5) is 35.1. The molecule has 7 nitrogen and oxygen atoms in total. The number of halogens is 3. The van der Waals surface area contributed by atoms with E-state index < -0.39 is 41.4 Å². The fourth-order valence-electron chi connectivity index (χ4n) is 1.71. The second kappa shape index (κ2) is 7.86. The number of amides is 3. The average Bonchev–Trinajstić information content (AvgIpc) is 2.44. The van der Waals surface area contributed by atoms with Gasteiger partial charge in [-0.25, -0.2) is 9.59 Å². The highest BCUT2D eigenvalue weighted by atomic mass is 19.4. The van der Waals surface area contributed by atoms with Crippen LogP contribution in [0.15, 0.2) is 18.2 Å². The van der Waals surface area contributed by atoms with Crippen molar-refractivity contribution in [2.75, 3.05) is 5.73 Å². The molecular formula is C15H18F3N3O4. The van der Waals surface area contributed by atoms with Gasteiger partial charge in [0.25, 0.3) is 5.91 Å². The summed E-state index contributed by atoms with van der Waals surface area (Å²) >= 11 is 0. The molecule has 0 heterocycles. The van der Waals surface area contributed by atoms with E-state index in [9.17, 15) is 27.6 Å². The highest BCUT2D eigenvalue weighted by Crippen LogP contribution is 2.31. The van der Waals surface area contributed by atoms with Gasteiger partial charge in [-0.3, -0.25) is 10.1 Å².